The molecule has 0 heterocycles. The Labute approximate surface area is 132 Å². The van der Waals surface area contributed by atoms with Crippen molar-refractivity contribution in [3.05, 3.63) is 48.0 Å². The van der Waals surface area contributed by atoms with Gasteiger partial charge in [0.2, 0.25) is 0 Å². The number of hydrogen-bond acceptors (Lipinski definition) is 3. The quantitative estimate of drug-likeness (QED) is 0.818. The summed E-state index contributed by atoms with van der Waals surface area (Å²) in [4.78, 5) is 0. The Morgan fingerprint density at radius 2 is 1.42 bits per heavy atom. The molecule has 0 saturated carbocycles. The molecular formula is C15H11F6NO2. The minimum Gasteiger partial charge on any atom is -0.406 e. The highest BCUT2D eigenvalue weighted by atomic mass is 19.4. The molecule has 0 amide bonds. The van der Waals surface area contributed by atoms with Gasteiger partial charge >= 0.3 is 12.7 Å². The van der Waals surface area contributed by atoms with Gasteiger partial charge in [0.1, 0.15) is 11.5 Å². The molecule has 2 rings (SSSR count). The molecule has 0 aliphatic heterocycles. The number of nitrogens with two attached hydrogens (primary N) is 1. The summed E-state index contributed by atoms with van der Waals surface area (Å²) in [5.41, 5.74) is 6.17. The number of ether oxygens (including phenoxy) is 2. The van der Waals surface area contributed by atoms with E-state index in [9.17, 15) is 26.3 Å². The van der Waals surface area contributed by atoms with Crippen LogP contribution in [-0.4, -0.2) is 12.7 Å². The SMILES string of the molecule is NCc1cc(-c2cccc(OC(F)(F)F)c2)ccc1OC(F)(F)F. The number of halogens is 6. The average molecular weight is 351 g/mol. The smallest absolute Gasteiger partial charge is 0.406 e. The lowest BCUT2D eigenvalue weighted by atomic mass is 10.0. The fourth-order valence-corrected chi connectivity index (χ4v) is 2.02. The van der Waals surface area contributed by atoms with Crippen LogP contribution in [0.2, 0.25) is 0 Å². The molecular weight excluding hydrogens is 340 g/mol. The lowest BCUT2D eigenvalue weighted by Gasteiger charge is -2.14. The zero-order chi connectivity index (χ0) is 18.0. The van der Waals surface area contributed by atoms with Crippen LogP contribution >= 0.6 is 0 Å². The van der Waals surface area contributed by atoms with Crippen LogP contribution in [0.3, 0.4) is 0 Å². The number of hydrogen-bond donors (Lipinski definition) is 1. The summed E-state index contributed by atoms with van der Waals surface area (Å²) in [5.74, 6) is -0.902. The molecule has 0 radical (unpaired) electrons. The Morgan fingerprint density at radius 1 is 0.792 bits per heavy atom. The minimum atomic E-state index is -4.87. The van der Waals surface area contributed by atoms with E-state index in [1.54, 1.807) is 0 Å². The lowest BCUT2D eigenvalue weighted by molar-refractivity contribution is -0.275. The Balaban J connectivity index is 2.34. The van der Waals surface area contributed by atoms with Crippen LogP contribution in [0, 0.1) is 0 Å². The second-order valence-electron chi connectivity index (χ2n) is 4.65. The van der Waals surface area contributed by atoms with Crippen molar-refractivity contribution in [2.75, 3.05) is 0 Å². The summed E-state index contributed by atoms with van der Waals surface area (Å²) in [6.07, 6.45) is -9.71. The highest BCUT2D eigenvalue weighted by Gasteiger charge is 2.32. The van der Waals surface area contributed by atoms with E-state index in [0.29, 0.717) is 11.1 Å². The van der Waals surface area contributed by atoms with Gasteiger partial charge in [-0.2, -0.15) is 0 Å². The topological polar surface area (TPSA) is 44.5 Å². The van der Waals surface area contributed by atoms with Crippen molar-refractivity contribution in [2.45, 2.75) is 19.3 Å². The summed E-state index contributed by atoms with van der Waals surface area (Å²) < 4.78 is 81.3. The second-order valence-corrected chi connectivity index (χ2v) is 4.65. The zero-order valence-corrected chi connectivity index (χ0v) is 11.9. The first-order valence-corrected chi connectivity index (χ1v) is 6.52. The molecule has 2 N–H and O–H groups in total. The average Bonchev–Trinajstić information content (AvgIpc) is 2.44. The first kappa shape index (κ1) is 17.9. The van der Waals surface area contributed by atoms with E-state index >= 15 is 0 Å². The van der Waals surface area contributed by atoms with Gasteiger partial charge in [-0.15, -0.1) is 26.3 Å². The summed E-state index contributed by atoms with van der Waals surface area (Å²) >= 11 is 0. The first-order chi connectivity index (χ1) is 11.1. The summed E-state index contributed by atoms with van der Waals surface area (Å²) in [7, 11) is 0. The normalized spacial score (nSPS) is 12.1. The third-order valence-corrected chi connectivity index (χ3v) is 2.91. The molecule has 2 aromatic rings. The zero-order valence-electron chi connectivity index (χ0n) is 11.9. The van der Waals surface area contributed by atoms with Gasteiger partial charge in [0.05, 0.1) is 0 Å². The van der Waals surface area contributed by atoms with E-state index in [1.165, 1.54) is 24.3 Å². The Hall–Kier alpha value is -2.42. The Morgan fingerprint density at radius 3 is 2.00 bits per heavy atom. The van der Waals surface area contributed by atoms with Crippen LogP contribution in [0.15, 0.2) is 42.5 Å². The van der Waals surface area contributed by atoms with Gasteiger partial charge in [-0.05, 0) is 35.4 Å². The third-order valence-electron chi connectivity index (χ3n) is 2.91. The molecule has 0 fully saturated rings. The van der Waals surface area contributed by atoms with E-state index in [-0.39, 0.29) is 12.1 Å². The highest BCUT2D eigenvalue weighted by Crippen LogP contribution is 2.32. The fourth-order valence-electron chi connectivity index (χ4n) is 2.02. The minimum absolute atomic E-state index is 0.0620. The van der Waals surface area contributed by atoms with Crippen molar-refractivity contribution in [1.82, 2.24) is 0 Å². The van der Waals surface area contributed by atoms with Crippen LogP contribution in [0.4, 0.5) is 26.3 Å². The fraction of sp³-hybridized carbons (Fsp3) is 0.200. The molecule has 0 atom stereocenters. The maximum atomic E-state index is 12.3. The molecule has 0 saturated heterocycles. The van der Waals surface area contributed by atoms with Gasteiger partial charge in [0.25, 0.3) is 0 Å². The highest BCUT2D eigenvalue weighted by molar-refractivity contribution is 5.67. The maximum absolute atomic E-state index is 12.3. The van der Waals surface area contributed by atoms with Gasteiger partial charge < -0.3 is 15.2 Å². The summed E-state index contributed by atoms with van der Waals surface area (Å²) in [6, 6.07) is 8.71. The molecule has 24 heavy (non-hydrogen) atoms. The molecule has 0 bridgehead atoms. The molecule has 0 aromatic heterocycles. The van der Waals surface area contributed by atoms with Crippen LogP contribution in [0.25, 0.3) is 11.1 Å². The first-order valence-electron chi connectivity index (χ1n) is 6.52. The molecule has 2 aromatic carbocycles. The molecule has 9 heteroatoms. The van der Waals surface area contributed by atoms with Gasteiger partial charge in [-0.3, -0.25) is 0 Å². The third kappa shape index (κ3) is 5.05. The Bertz CT molecular complexity index is 712. The van der Waals surface area contributed by atoms with Crippen molar-refractivity contribution in [2.24, 2.45) is 5.73 Å². The van der Waals surface area contributed by atoms with Crippen molar-refractivity contribution in [3.63, 3.8) is 0 Å². The monoisotopic (exact) mass is 351 g/mol. The van der Waals surface area contributed by atoms with Crippen LogP contribution in [-0.2, 0) is 6.54 Å². The van der Waals surface area contributed by atoms with Gasteiger partial charge in [-0.1, -0.05) is 18.2 Å². The van der Waals surface area contributed by atoms with Gasteiger partial charge in [0.15, 0.2) is 0 Å². The van der Waals surface area contributed by atoms with E-state index in [1.807, 2.05) is 0 Å². The van der Waals surface area contributed by atoms with Gasteiger partial charge in [-0.25, -0.2) is 0 Å². The summed E-state index contributed by atoms with van der Waals surface area (Å²) in [6.45, 7) is -0.238. The Kier molecular flexibility index (Phi) is 4.93. The van der Waals surface area contributed by atoms with Crippen LogP contribution in [0.5, 0.6) is 11.5 Å². The van der Waals surface area contributed by atoms with Crippen molar-refractivity contribution < 1.29 is 35.8 Å². The molecule has 0 aliphatic carbocycles. The van der Waals surface area contributed by atoms with Crippen molar-refractivity contribution in [1.29, 1.82) is 0 Å². The van der Waals surface area contributed by atoms with Gasteiger partial charge in [0, 0.05) is 12.1 Å². The van der Waals surface area contributed by atoms with Crippen molar-refractivity contribution in [3.8, 4) is 22.6 Å². The predicted molar refractivity (Wildman–Crippen MR) is 73.1 cm³/mol. The number of alkyl halides is 6. The molecule has 130 valence electrons. The van der Waals surface area contributed by atoms with E-state index in [0.717, 1.165) is 18.2 Å². The lowest BCUT2D eigenvalue weighted by Crippen LogP contribution is -2.18. The number of rotatable bonds is 4. The summed E-state index contributed by atoms with van der Waals surface area (Å²) in [5, 5.41) is 0. The van der Waals surface area contributed by atoms with Crippen LogP contribution < -0.4 is 15.2 Å². The van der Waals surface area contributed by atoms with E-state index in [4.69, 9.17) is 5.73 Å². The molecule has 0 aliphatic rings. The molecule has 0 unspecified atom stereocenters. The second kappa shape index (κ2) is 6.60. The number of benzene rings is 2. The predicted octanol–water partition coefficient (Wildman–Crippen LogP) is 4.61. The maximum Gasteiger partial charge on any atom is 0.573 e. The molecule has 3 nitrogen and oxygen atoms in total. The van der Waals surface area contributed by atoms with Crippen molar-refractivity contribution >= 4 is 0 Å². The van der Waals surface area contributed by atoms with Crippen LogP contribution in [0.1, 0.15) is 5.56 Å². The largest absolute Gasteiger partial charge is 0.573 e. The molecule has 0 spiro atoms. The van der Waals surface area contributed by atoms with E-state index < -0.39 is 24.2 Å². The standard InChI is InChI=1S/C15H11F6NO2/c16-14(17,18)23-12-3-1-2-9(7-12)10-4-5-13(11(6-10)8-22)24-15(19,20)21/h1-7H,8,22H2. The van der Waals surface area contributed by atoms with E-state index in [2.05, 4.69) is 9.47 Å².